The van der Waals surface area contributed by atoms with Crippen molar-refractivity contribution >= 4 is 0 Å². The Morgan fingerprint density at radius 2 is 1.55 bits per heavy atom. The van der Waals surface area contributed by atoms with Gasteiger partial charge in [0.05, 0.1) is 6.04 Å². The van der Waals surface area contributed by atoms with Gasteiger partial charge in [-0.2, -0.15) is 0 Å². The van der Waals surface area contributed by atoms with Crippen LogP contribution in [0.2, 0.25) is 0 Å². The lowest BCUT2D eigenvalue weighted by atomic mass is 9.79. The molecule has 2 saturated heterocycles. The fourth-order valence-corrected chi connectivity index (χ4v) is 5.21. The van der Waals surface area contributed by atoms with Gasteiger partial charge in [-0.05, 0) is 57.6 Å². The van der Waals surface area contributed by atoms with Crippen molar-refractivity contribution in [3.05, 3.63) is 71.8 Å². The van der Waals surface area contributed by atoms with Crippen molar-refractivity contribution in [2.75, 3.05) is 40.3 Å². The molecule has 2 atom stereocenters. The SMILES string of the molecule is CN(C)[C@@H]1CN(C2CCN(Cc3ccccc3)CC2)CC[C@]1(O)c1ccccc1. The van der Waals surface area contributed by atoms with E-state index in [1.807, 2.05) is 18.2 Å². The van der Waals surface area contributed by atoms with Gasteiger partial charge >= 0.3 is 0 Å². The molecule has 2 aliphatic heterocycles. The number of likely N-dealkylation sites (N-methyl/N-ethyl adjacent to an activating group) is 1. The molecule has 1 N–H and O–H groups in total. The standard InChI is InChI=1S/C25H35N3O/c1-26(2)24-20-28(18-15-25(24,29)22-11-7-4-8-12-22)23-13-16-27(17-14-23)19-21-9-5-3-6-10-21/h3-12,23-24,29H,13-20H2,1-2H3/t24-,25+/m1/s1. The molecule has 0 aliphatic carbocycles. The van der Waals surface area contributed by atoms with Gasteiger partial charge in [0.1, 0.15) is 5.60 Å². The first-order chi connectivity index (χ1) is 14.1. The Hall–Kier alpha value is -1.72. The molecular weight excluding hydrogens is 358 g/mol. The summed E-state index contributed by atoms with van der Waals surface area (Å²) in [6, 6.07) is 21.8. The zero-order valence-electron chi connectivity index (χ0n) is 17.9. The summed E-state index contributed by atoms with van der Waals surface area (Å²) in [5.41, 5.74) is 1.69. The second kappa shape index (κ2) is 8.97. The summed E-state index contributed by atoms with van der Waals surface area (Å²) in [5.74, 6) is 0. The van der Waals surface area contributed by atoms with E-state index in [-0.39, 0.29) is 6.04 Å². The Balaban J connectivity index is 1.37. The van der Waals surface area contributed by atoms with E-state index in [0.29, 0.717) is 6.04 Å². The van der Waals surface area contributed by atoms with Crippen LogP contribution in [-0.2, 0) is 12.1 Å². The predicted octanol–water partition coefficient (Wildman–Crippen LogP) is 3.17. The minimum absolute atomic E-state index is 0.112. The number of likely N-dealkylation sites (tertiary alicyclic amines) is 2. The first kappa shape index (κ1) is 20.5. The summed E-state index contributed by atoms with van der Waals surface area (Å²) in [4.78, 5) is 7.44. The molecule has 0 spiro atoms. The molecule has 29 heavy (non-hydrogen) atoms. The van der Waals surface area contributed by atoms with Crippen LogP contribution in [0.4, 0.5) is 0 Å². The molecular formula is C25H35N3O. The smallest absolute Gasteiger partial charge is 0.107 e. The molecule has 2 aliphatic rings. The third-order valence-corrected chi connectivity index (χ3v) is 6.96. The summed E-state index contributed by atoms with van der Waals surface area (Å²) in [6.07, 6.45) is 3.23. The van der Waals surface area contributed by atoms with Crippen molar-refractivity contribution in [1.82, 2.24) is 14.7 Å². The molecule has 0 unspecified atom stereocenters. The number of piperidine rings is 2. The van der Waals surface area contributed by atoms with Crippen LogP contribution in [0, 0.1) is 0 Å². The quantitative estimate of drug-likeness (QED) is 0.845. The van der Waals surface area contributed by atoms with Crippen LogP contribution in [0.25, 0.3) is 0 Å². The minimum Gasteiger partial charge on any atom is -0.383 e. The van der Waals surface area contributed by atoms with Gasteiger partial charge < -0.3 is 10.0 Å². The normalized spacial score (nSPS) is 27.4. The molecule has 0 radical (unpaired) electrons. The molecule has 2 aromatic carbocycles. The lowest BCUT2D eigenvalue weighted by Gasteiger charge is -2.50. The van der Waals surface area contributed by atoms with Gasteiger partial charge in [0.25, 0.3) is 0 Å². The Morgan fingerprint density at radius 3 is 2.17 bits per heavy atom. The minimum atomic E-state index is -0.769. The third-order valence-electron chi connectivity index (χ3n) is 6.96. The Labute approximate surface area is 175 Å². The van der Waals surface area contributed by atoms with Crippen LogP contribution in [0.1, 0.15) is 30.4 Å². The molecule has 156 valence electrons. The van der Waals surface area contributed by atoms with Crippen molar-refractivity contribution in [2.24, 2.45) is 0 Å². The molecule has 2 heterocycles. The maximum atomic E-state index is 11.6. The summed E-state index contributed by atoms with van der Waals surface area (Å²) >= 11 is 0. The summed E-state index contributed by atoms with van der Waals surface area (Å²) in [6.45, 7) is 5.28. The number of benzene rings is 2. The van der Waals surface area contributed by atoms with E-state index in [1.54, 1.807) is 0 Å². The van der Waals surface area contributed by atoms with Crippen molar-refractivity contribution in [3.63, 3.8) is 0 Å². The molecule has 0 aromatic heterocycles. The topological polar surface area (TPSA) is 30.0 Å². The molecule has 0 saturated carbocycles. The van der Waals surface area contributed by atoms with Crippen molar-refractivity contribution in [2.45, 2.75) is 43.5 Å². The maximum absolute atomic E-state index is 11.6. The van der Waals surface area contributed by atoms with Gasteiger partial charge in [-0.25, -0.2) is 0 Å². The van der Waals surface area contributed by atoms with Crippen molar-refractivity contribution in [3.8, 4) is 0 Å². The van der Waals surface area contributed by atoms with E-state index in [1.165, 1.54) is 18.4 Å². The van der Waals surface area contributed by atoms with Gasteiger partial charge in [-0.15, -0.1) is 0 Å². The maximum Gasteiger partial charge on any atom is 0.107 e. The van der Waals surface area contributed by atoms with E-state index in [0.717, 1.165) is 44.7 Å². The number of nitrogens with zero attached hydrogens (tertiary/aromatic N) is 3. The molecule has 4 heteroatoms. The highest BCUT2D eigenvalue weighted by atomic mass is 16.3. The summed E-state index contributed by atoms with van der Waals surface area (Å²) in [5, 5.41) is 11.6. The summed E-state index contributed by atoms with van der Waals surface area (Å²) < 4.78 is 0. The van der Waals surface area contributed by atoms with Crippen LogP contribution < -0.4 is 0 Å². The van der Waals surface area contributed by atoms with E-state index < -0.39 is 5.60 Å². The number of hydrogen-bond donors (Lipinski definition) is 1. The fourth-order valence-electron chi connectivity index (χ4n) is 5.21. The Morgan fingerprint density at radius 1 is 0.931 bits per heavy atom. The van der Waals surface area contributed by atoms with Gasteiger partial charge in [0, 0.05) is 25.7 Å². The zero-order chi connectivity index (χ0) is 20.3. The van der Waals surface area contributed by atoms with Crippen LogP contribution in [-0.4, -0.2) is 72.2 Å². The Bertz CT molecular complexity index is 758. The van der Waals surface area contributed by atoms with Crippen LogP contribution in [0.3, 0.4) is 0 Å². The molecule has 4 nitrogen and oxygen atoms in total. The van der Waals surface area contributed by atoms with Crippen LogP contribution in [0.5, 0.6) is 0 Å². The van der Waals surface area contributed by atoms with Crippen molar-refractivity contribution < 1.29 is 5.11 Å². The number of aliphatic hydroxyl groups is 1. The van der Waals surface area contributed by atoms with Gasteiger partial charge in [-0.3, -0.25) is 9.80 Å². The largest absolute Gasteiger partial charge is 0.383 e. The van der Waals surface area contributed by atoms with Crippen LogP contribution in [0.15, 0.2) is 60.7 Å². The number of rotatable bonds is 5. The molecule has 4 rings (SSSR count). The molecule has 2 aromatic rings. The lowest BCUT2D eigenvalue weighted by molar-refractivity contribution is -0.0989. The fraction of sp³-hybridized carbons (Fsp3) is 0.520. The van der Waals surface area contributed by atoms with E-state index in [9.17, 15) is 5.11 Å². The second-order valence-corrected chi connectivity index (χ2v) is 9.01. The average Bonchev–Trinajstić information content (AvgIpc) is 2.76. The predicted molar refractivity (Wildman–Crippen MR) is 119 cm³/mol. The summed E-state index contributed by atoms with van der Waals surface area (Å²) in [7, 11) is 4.20. The highest BCUT2D eigenvalue weighted by Gasteiger charge is 2.45. The van der Waals surface area contributed by atoms with E-state index in [2.05, 4.69) is 71.3 Å². The third kappa shape index (κ3) is 4.56. The van der Waals surface area contributed by atoms with Gasteiger partial charge in [-0.1, -0.05) is 60.7 Å². The highest BCUT2D eigenvalue weighted by molar-refractivity contribution is 5.26. The number of hydrogen-bond acceptors (Lipinski definition) is 4. The molecule has 0 bridgehead atoms. The first-order valence-corrected chi connectivity index (χ1v) is 11.0. The van der Waals surface area contributed by atoms with Gasteiger partial charge in [0.15, 0.2) is 0 Å². The zero-order valence-corrected chi connectivity index (χ0v) is 17.9. The monoisotopic (exact) mass is 393 g/mol. The highest BCUT2D eigenvalue weighted by Crippen LogP contribution is 2.36. The average molecular weight is 394 g/mol. The second-order valence-electron chi connectivity index (χ2n) is 9.01. The van der Waals surface area contributed by atoms with E-state index >= 15 is 0 Å². The Kier molecular flexibility index (Phi) is 6.35. The van der Waals surface area contributed by atoms with Crippen molar-refractivity contribution in [1.29, 1.82) is 0 Å². The van der Waals surface area contributed by atoms with E-state index in [4.69, 9.17) is 0 Å². The van der Waals surface area contributed by atoms with Gasteiger partial charge in [0.2, 0.25) is 0 Å². The lowest BCUT2D eigenvalue weighted by Crippen LogP contribution is -2.61. The molecule has 2 fully saturated rings. The first-order valence-electron chi connectivity index (χ1n) is 11.0. The van der Waals surface area contributed by atoms with Crippen LogP contribution >= 0.6 is 0 Å². The molecule has 0 amide bonds.